The van der Waals surface area contributed by atoms with Gasteiger partial charge < -0.3 is 19.8 Å². The molecule has 0 amide bonds. The summed E-state index contributed by atoms with van der Waals surface area (Å²) in [6.07, 6.45) is 0.881. The summed E-state index contributed by atoms with van der Waals surface area (Å²) >= 11 is 0. The molecule has 0 aliphatic carbocycles. The van der Waals surface area contributed by atoms with Crippen molar-refractivity contribution < 1.29 is 9.47 Å². The Kier molecular flexibility index (Phi) is 4.35. The van der Waals surface area contributed by atoms with Crippen molar-refractivity contribution in [3.63, 3.8) is 0 Å². The summed E-state index contributed by atoms with van der Waals surface area (Å²) in [5.41, 5.74) is 10.3. The van der Waals surface area contributed by atoms with Crippen molar-refractivity contribution in [1.82, 2.24) is 4.57 Å². The lowest BCUT2D eigenvalue weighted by Crippen LogP contribution is -2.05. The van der Waals surface area contributed by atoms with E-state index in [1.54, 1.807) is 14.2 Å². The van der Waals surface area contributed by atoms with E-state index < -0.39 is 0 Å². The Bertz CT molecular complexity index is 603. The Hall–Kier alpha value is -1.94. The molecule has 0 aliphatic rings. The van der Waals surface area contributed by atoms with Gasteiger partial charge >= 0.3 is 0 Å². The number of benzene rings is 1. The van der Waals surface area contributed by atoms with Gasteiger partial charge in [-0.3, -0.25) is 0 Å². The largest absolute Gasteiger partial charge is 0.497 e. The fraction of sp³-hybridized carbons (Fsp3) is 0.375. The first-order valence-electron chi connectivity index (χ1n) is 6.72. The van der Waals surface area contributed by atoms with Gasteiger partial charge in [-0.05, 0) is 50.6 Å². The summed E-state index contributed by atoms with van der Waals surface area (Å²) in [6, 6.07) is 8.00. The first kappa shape index (κ1) is 14.5. The minimum absolute atomic E-state index is 0.652. The van der Waals surface area contributed by atoms with E-state index in [2.05, 4.69) is 24.5 Å². The first-order valence-corrected chi connectivity index (χ1v) is 6.72. The Morgan fingerprint density at radius 3 is 2.45 bits per heavy atom. The summed E-state index contributed by atoms with van der Waals surface area (Å²) in [7, 11) is 3.35. The van der Waals surface area contributed by atoms with Gasteiger partial charge in [0.2, 0.25) is 0 Å². The van der Waals surface area contributed by atoms with Crippen molar-refractivity contribution in [2.24, 2.45) is 5.73 Å². The van der Waals surface area contributed by atoms with Crippen LogP contribution in [0, 0.1) is 13.8 Å². The molecule has 4 heteroatoms. The number of hydrogen-bond acceptors (Lipinski definition) is 3. The molecule has 20 heavy (non-hydrogen) atoms. The van der Waals surface area contributed by atoms with Gasteiger partial charge in [0.25, 0.3) is 0 Å². The van der Waals surface area contributed by atoms with E-state index in [0.29, 0.717) is 6.54 Å². The lowest BCUT2D eigenvalue weighted by Gasteiger charge is -2.15. The van der Waals surface area contributed by atoms with Gasteiger partial charge in [-0.2, -0.15) is 0 Å². The van der Waals surface area contributed by atoms with Crippen LogP contribution in [0.3, 0.4) is 0 Å². The second kappa shape index (κ2) is 6.01. The molecule has 1 aromatic heterocycles. The van der Waals surface area contributed by atoms with E-state index in [0.717, 1.165) is 29.3 Å². The average molecular weight is 274 g/mol. The third-order valence-corrected chi connectivity index (χ3v) is 3.58. The van der Waals surface area contributed by atoms with E-state index in [9.17, 15) is 0 Å². The molecule has 0 radical (unpaired) electrons. The maximum Gasteiger partial charge on any atom is 0.143 e. The monoisotopic (exact) mass is 274 g/mol. The van der Waals surface area contributed by atoms with Crippen LogP contribution in [0.15, 0.2) is 24.3 Å². The number of nitrogens with zero attached hydrogens (tertiary/aromatic N) is 1. The highest BCUT2D eigenvalue weighted by Crippen LogP contribution is 2.31. The smallest absolute Gasteiger partial charge is 0.143 e. The molecular formula is C16H22N2O2. The predicted octanol–water partition coefficient (Wildman–Crippen LogP) is 2.61. The molecule has 1 heterocycles. The molecule has 108 valence electrons. The third kappa shape index (κ3) is 2.51. The van der Waals surface area contributed by atoms with Gasteiger partial charge in [0.05, 0.1) is 19.9 Å². The van der Waals surface area contributed by atoms with Crippen LogP contribution >= 0.6 is 0 Å². The standard InChI is InChI=1S/C16H22N2O2/c1-11-9-13(7-8-17)12(2)18(11)15-10-14(19-3)5-6-16(15)20-4/h5-6,9-10H,7-8,17H2,1-4H3. The fourth-order valence-electron chi connectivity index (χ4n) is 2.58. The van der Waals surface area contributed by atoms with Crippen molar-refractivity contribution in [2.75, 3.05) is 20.8 Å². The molecule has 0 bridgehead atoms. The van der Waals surface area contributed by atoms with E-state index >= 15 is 0 Å². The van der Waals surface area contributed by atoms with Crippen LogP contribution in [0.1, 0.15) is 17.0 Å². The van der Waals surface area contributed by atoms with Crippen molar-refractivity contribution in [2.45, 2.75) is 20.3 Å². The zero-order valence-corrected chi connectivity index (χ0v) is 12.6. The van der Waals surface area contributed by atoms with Crippen LogP contribution in [0.4, 0.5) is 0 Å². The molecular weight excluding hydrogens is 252 g/mol. The quantitative estimate of drug-likeness (QED) is 0.911. The lowest BCUT2D eigenvalue weighted by molar-refractivity contribution is 0.401. The van der Waals surface area contributed by atoms with Crippen LogP contribution in [0.5, 0.6) is 11.5 Å². The van der Waals surface area contributed by atoms with E-state index in [-0.39, 0.29) is 0 Å². The molecule has 0 aliphatic heterocycles. The maximum absolute atomic E-state index is 5.68. The molecule has 0 atom stereocenters. The zero-order valence-electron chi connectivity index (χ0n) is 12.6. The summed E-state index contributed by atoms with van der Waals surface area (Å²) in [5, 5.41) is 0. The Morgan fingerprint density at radius 1 is 1.10 bits per heavy atom. The first-order chi connectivity index (χ1) is 9.62. The Morgan fingerprint density at radius 2 is 1.85 bits per heavy atom. The van der Waals surface area contributed by atoms with Crippen molar-refractivity contribution >= 4 is 0 Å². The highest BCUT2D eigenvalue weighted by molar-refractivity contribution is 5.54. The molecule has 4 nitrogen and oxygen atoms in total. The van der Waals surface area contributed by atoms with Crippen LogP contribution in [0.25, 0.3) is 5.69 Å². The highest BCUT2D eigenvalue weighted by Gasteiger charge is 2.14. The van der Waals surface area contributed by atoms with Gasteiger partial charge in [-0.1, -0.05) is 0 Å². The molecule has 0 fully saturated rings. The van der Waals surface area contributed by atoms with Gasteiger partial charge in [0.15, 0.2) is 0 Å². The average Bonchev–Trinajstić information content (AvgIpc) is 2.73. The molecule has 0 saturated heterocycles. The molecule has 2 aromatic rings. The number of aryl methyl sites for hydroxylation is 1. The van der Waals surface area contributed by atoms with E-state index in [4.69, 9.17) is 15.2 Å². The SMILES string of the molecule is COc1ccc(OC)c(-n2c(C)cc(CCN)c2C)c1. The predicted molar refractivity (Wildman–Crippen MR) is 81.1 cm³/mol. The topological polar surface area (TPSA) is 49.4 Å². The zero-order chi connectivity index (χ0) is 14.7. The van der Waals surface area contributed by atoms with Crippen molar-refractivity contribution in [3.8, 4) is 17.2 Å². The number of aromatic nitrogens is 1. The third-order valence-electron chi connectivity index (χ3n) is 3.58. The summed E-state index contributed by atoms with van der Waals surface area (Å²) in [4.78, 5) is 0. The van der Waals surface area contributed by atoms with E-state index in [1.807, 2.05) is 18.2 Å². The molecule has 1 aromatic carbocycles. The van der Waals surface area contributed by atoms with E-state index in [1.165, 1.54) is 11.3 Å². The minimum Gasteiger partial charge on any atom is -0.497 e. The normalized spacial score (nSPS) is 10.7. The second-order valence-electron chi connectivity index (χ2n) is 4.81. The Labute approximate surface area is 120 Å². The molecule has 2 N–H and O–H groups in total. The van der Waals surface area contributed by atoms with Crippen molar-refractivity contribution in [3.05, 3.63) is 41.2 Å². The lowest BCUT2D eigenvalue weighted by atomic mass is 10.2. The minimum atomic E-state index is 0.652. The number of ether oxygens (including phenoxy) is 2. The number of rotatable bonds is 5. The van der Waals surface area contributed by atoms with Gasteiger partial charge in [-0.25, -0.2) is 0 Å². The molecule has 0 saturated carbocycles. The summed E-state index contributed by atoms with van der Waals surface area (Å²) in [6.45, 7) is 4.85. The highest BCUT2D eigenvalue weighted by atomic mass is 16.5. The van der Waals surface area contributed by atoms with Gasteiger partial charge in [0.1, 0.15) is 11.5 Å². The van der Waals surface area contributed by atoms with Crippen LogP contribution in [0.2, 0.25) is 0 Å². The van der Waals surface area contributed by atoms with Crippen molar-refractivity contribution in [1.29, 1.82) is 0 Å². The summed E-state index contributed by atoms with van der Waals surface area (Å²) in [5.74, 6) is 1.64. The molecule has 0 spiro atoms. The van der Waals surface area contributed by atoms with Gasteiger partial charge in [-0.15, -0.1) is 0 Å². The number of methoxy groups -OCH3 is 2. The molecule has 0 unspecified atom stereocenters. The number of hydrogen-bond donors (Lipinski definition) is 1. The molecule has 2 rings (SSSR count). The summed E-state index contributed by atoms with van der Waals surface area (Å²) < 4.78 is 13.0. The second-order valence-corrected chi connectivity index (χ2v) is 4.81. The number of nitrogens with two attached hydrogens (primary N) is 1. The van der Waals surface area contributed by atoms with Crippen LogP contribution in [-0.2, 0) is 6.42 Å². The Balaban J connectivity index is 2.61. The van der Waals surface area contributed by atoms with Crippen LogP contribution < -0.4 is 15.2 Å². The maximum atomic E-state index is 5.68. The van der Waals surface area contributed by atoms with Crippen LogP contribution in [-0.4, -0.2) is 25.3 Å². The van der Waals surface area contributed by atoms with Gasteiger partial charge in [0, 0.05) is 17.5 Å². The fourth-order valence-corrected chi connectivity index (χ4v) is 2.58.